The summed E-state index contributed by atoms with van der Waals surface area (Å²) in [4.78, 5) is 26.6. The summed E-state index contributed by atoms with van der Waals surface area (Å²) < 4.78 is 18.4. The van der Waals surface area contributed by atoms with Crippen molar-refractivity contribution in [3.05, 3.63) is 134 Å². The minimum Gasteiger partial charge on any atom is -0.507 e. The number of aliphatic hydroxyl groups is 3. The first-order chi connectivity index (χ1) is 29.0. The Labute approximate surface area is 357 Å². The predicted molar refractivity (Wildman–Crippen MR) is 225 cm³/mol. The molecule has 0 amide bonds. The highest BCUT2D eigenvalue weighted by Gasteiger charge is 2.19. The lowest BCUT2D eigenvalue weighted by molar-refractivity contribution is -0.140. The van der Waals surface area contributed by atoms with Gasteiger partial charge in [0.05, 0.1) is 34.9 Å². The second-order valence-corrected chi connectivity index (χ2v) is 14.1. The number of rotatable bonds is 20. The van der Waals surface area contributed by atoms with E-state index >= 15 is 0 Å². The van der Waals surface area contributed by atoms with Crippen LogP contribution in [-0.4, -0.2) is 75.2 Å². The fourth-order valence-corrected chi connectivity index (χ4v) is 6.50. The van der Waals surface area contributed by atoms with Gasteiger partial charge in [-0.2, -0.15) is 5.26 Å². The van der Waals surface area contributed by atoms with E-state index in [1.807, 2.05) is 56.3 Å². The number of aldehydes is 1. The molecule has 0 aliphatic carbocycles. The van der Waals surface area contributed by atoms with E-state index in [1.54, 1.807) is 30.5 Å². The topological polar surface area (TPSA) is 224 Å². The molecule has 0 aliphatic rings. The summed E-state index contributed by atoms with van der Waals surface area (Å²) >= 11 is 13.2. The van der Waals surface area contributed by atoms with Crippen molar-refractivity contribution in [2.45, 2.75) is 58.8 Å². The number of pyridine rings is 1. The Balaban J connectivity index is 0.00000391. The fourth-order valence-electron chi connectivity index (χ4n) is 6.02. The Morgan fingerprint density at radius 2 is 1.35 bits per heavy atom. The number of aromatic nitrogens is 1. The molecule has 0 aliphatic heterocycles. The molecular formula is C44H46Cl2N4O10. The number of hydrogen-bond acceptors (Lipinski definition) is 13. The van der Waals surface area contributed by atoms with Crippen LogP contribution >= 0.6 is 23.2 Å². The summed E-state index contributed by atoms with van der Waals surface area (Å²) in [6.07, 6.45) is 3.61. The molecule has 1 heterocycles. The molecule has 2 atom stereocenters. The van der Waals surface area contributed by atoms with Crippen molar-refractivity contribution in [3.63, 3.8) is 0 Å². The molecule has 4 aromatic carbocycles. The molecule has 0 bridgehead atoms. The Kier molecular flexibility index (Phi) is 18.1. The summed E-state index contributed by atoms with van der Waals surface area (Å²) in [5, 5.41) is 61.2. The Bertz CT molecular complexity index is 2300. The van der Waals surface area contributed by atoms with Gasteiger partial charge in [-0.3, -0.25) is 15.1 Å². The van der Waals surface area contributed by atoms with E-state index in [-0.39, 0.29) is 61.1 Å². The summed E-state index contributed by atoms with van der Waals surface area (Å²) in [5.74, 6) is -0.317. The fraction of sp³-hybridized carbons (Fsp3) is 0.273. The molecule has 316 valence electrons. The zero-order valence-corrected chi connectivity index (χ0v) is 34.6. The maximum absolute atomic E-state index is 11.5. The van der Waals surface area contributed by atoms with Crippen LogP contribution in [0.25, 0.3) is 11.1 Å². The Morgan fingerprint density at radius 3 is 1.90 bits per heavy atom. The molecule has 0 radical (unpaired) electrons. The van der Waals surface area contributed by atoms with Crippen LogP contribution in [0.1, 0.15) is 44.5 Å². The van der Waals surface area contributed by atoms with E-state index in [1.165, 1.54) is 12.3 Å². The van der Waals surface area contributed by atoms with Gasteiger partial charge in [-0.15, -0.1) is 0 Å². The first kappa shape index (κ1) is 46.9. The maximum Gasteiger partial charge on any atom is 0.323 e. The molecular weight excluding hydrogens is 815 g/mol. The maximum atomic E-state index is 11.5. The van der Waals surface area contributed by atoms with Crippen LogP contribution in [0.3, 0.4) is 0 Å². The standard InChI is InChI=1S/C43H42Cl2N4O9.CH4O/c1-25-29(23-57-41-12-39(53)31(10-36(41)44)17-48-33(19-50)20-51)5-3-7-34(25)35-8-4-6-30(26(35)2)24-58-42-13-40(56-22-28-9-27(14-46)15-47-16-28)32(11-37(42)45)18-49-38(21-52)43(54)55;1-2/h3-13,15-16,19,33,38,48-49,51-53H,17-18,20-24H2,1-2H3,(H,54,55);2H,1H3. The number of carboxylic acid groups (broad SMARTS) is 1. The number of nitriles is 1. The number of nitrogens with zero attached hydrogens (tertiary/aromatic N) is 2. The Hall–Kier alpha value is -5.76. The summed E-state index contributed by atoms with van der Waals surface area (Å²) in [5.41, 5.74) is 7.68. The van der Waals surface area contributed by atoms with Gasteiger partial charge in [0.25, 0.3) is 0 Å². The number of halogens is 2. The molecule has 0 saturated carbocycles. The van der Waals surface area contributed by atoms with E-state index in [2.05, 4.69) is 15.6 Å². The SMILES string of the molecule is CO.Cc1c(COc2cc(O)c(CNC(C=O)CO)cc2Cl)cccc1-c1cccc(COc2cc(OCc3cncc(C#N)c3)c(CNC(CO)C(=O)O)cc2Cl)c1C. The van der Waals surface area contributed by atoms with Crippen LogP contribution in [-0.2, 0) is 42.5 Å². The average Bonchev–Trinajstić information content (AvgIpc) is 3.25. The van der Waals surface area contributed by atoms with Crippen molar-refractivity contribution in [1.82, 2.24) is 15.6 Å². The predicted octanol–water partition coefficient (Wildman–Crippen LogP) is 5.78. The van der Waals surface area contributed by atoms with Crippen molar-refractivity contribution in [2.75, 3.05) is 20.3 Å². The van der Waals surface area contributed by atoms with Crippen LogP contribution < -0.4 is 24.8 Å². The molecule has 0 spiro atoms. The van der Waals surface area contributed by atoms with Crippen molar-refractivity contribution in [3.8, 4) is 40.2 Å². The zero-order chi connectivity index (χ0) is 43.8. The van der Waals surface area contributed by atoms with E-state index in [0.717, 1.165) is 40.5 Å². The second kappa shape index (κ2) is 23.1. The molecule has 0 fully saturated rings. The number of phenols is 1. The molecule has 7 N–H and O–H groups in total. The first-order valence-corrected chi connectivity index (χ1v) is 19.3. The molecule has 5 rings (SSSR count). The highest BCUT2D eigenvalue weighted by Crippen LogP contribution is 2.37. The molecule has 0 saturated heterocycles. The second-order valence-electron chi connectivity index (χ2n) is 13.3. The molecule has 60 heavy (non-hydrogen) atoms. The Morgan fingerprint density at radius 1 is 0.783 bits per heavy atom. The van der Waals surface area contributed by atoms with Crippen molar-refractivity contribution in [2.24, 2.45) is 0 Å². The number of hydrogen-bond donors (Lipinski definition) is 7. The van der Waals surface area contributed by atoms with Crippen molar-refractivity contribution >= 4 is 35.5 Å². The van der Waals surface area contributed by atoms with Gasteiger partial charge in [0.1, 0.15) is 61.2 Å². The number of carboxylic acids is 1. The lowest BCUT2D eigenvalue weighted by atomic mass is 9.92. The summed E-state index contributed by atoms with van der Waals surface area (Å²) in [6, 6.07) is 19.8. The number of nitrogens with one attached hydrogen (secondary N) is 2. The van der Waals surface area contributed by atoms with Crippen molar-refractivity contribution in [1.29, 1.82) is 5.26 Å². The highest BCUT2D eigenvalue weighted by molar-refractivity contribution is 6.32. The minimum atomic E-state index is -1.21. The van der Waals surface area contributed by atoms with Gasteiger partial charge in [-0.1, -0.05) is 59.6 Å². The van der Waals surface area contributed by atoms with Gasteiger partial charge in [-0.25, -0.2) is 0 Å². The smallest absolute Gasteiger partial charge is 0.323 e. The van der Waals surface area contributed by atoms with Crippen LogP contribution in [0.2, 0.25) is 10.0 Å². The van der Waals surface area contributed by atoms with Gasteiger partial charge in [0.2, 0.25) is 0 Å². The number of carbonyl (C=O) groups excluding carboxylic acids is 1. The third-order valence-corrected chi connectivity index (χ3v) is 10.0. The zero-order valence-electron chi connectivity index (χ0n) is 33.1. The minimum absolute atomic E-state index is 0.0172. The number of phenolic OH excluding ortho intramolecular Hbond substituents is 1. The van der Waals surface area contributed by atoms with Gasteiger partial charge >= 0.3 is 5.97 Å². The molecule has 5 aromatic rings. The van der Waals surface area contributed by atoms with Crippen molar-refractivity contribution < 1.29 is 49.3 Å². The molecule has 16 heteroatoms. The van der Waals surface area contributed by atoms with E-state index < -0.39 is 24.7 Å². The lowest BCUT2D eigenvalue weighted by Gasteiger charge is -2.19. The number of benzene rings is 4. The van der Waals surface area contributed by atoms with Crippen LogP contribution in [0.5, 0.6) is 23.0 Å². The van der Waals surface area contributed by atoms with Gasteiger partial charge in [-0.05, 0) is 65.4 Å². The van der Waals surface area contributed by atoms with Crippen LogP contribution in [0.4, 0.5) is 0 Å². The largest absolute Gasteiger partial charge is 0.507 e. The summed E-state index contributed by atoms with van der Waals surface area (Å²) in [7, 11) is 1.00. The third-order valence-electron chi connectivity index (χ3n) is 9.45. The van der Waals surface area contributed by atoms with E-state index in [0.29, 0.717) is 40.0 Å². The van der Waals surface area contributed by atoms with Gasteiger partial charge < -0.3 is 49.9 Å². The van der Waals surface area contributed by atoms with E-state index in [9.17, 15) is 35.3 Å². The number of carbonyl (C=O) groups is 2. The van der Waals surface area contributed by atoms with Crippen LogP contribution in [0.15, 0.2) is 79.1 Å². The lowest BCUT2D eigenvalue weighted by Crippen LogP contribution is -2.39. The van der Waals surface area contributed by atoms with Crippen LogP contribution in [0, 0.1) is 25.2 Å². The number of ether oxygens (including phenoxy) is 3. The first-order valence-electron chi connectivity index (χ1n) is 18.5. The molecule has 2 unspecified atom stereocenters. The average molecular weight is 862 g/mol. The number of aromatic hydroxyl groups is 1. The quantitative estimate of drug-likeness (QED) is 0.0461. The number of aliphatic hydroxyl groups excluding tert-OH is 3. The number of aliphatic carboxylic acids is 1. The summed E-state index contributed by atoms with van der Waals surface area (Å²) in [6.45, 7) is 3.53. The van der Waals surface area contributed by atoms with Gasteiger partial charge in [0, 0.05) is 61.4 Å². The van der Waals surface area contributed by atoms with E-state index in [4.69, 9.17) is 42.5 Å². The highest BCUT2D eigenvalue weighted by atomic mass is 35.5. The third kappa shape index (κ3) is 12.4. The monoisotopic (exact) mass is 860 g/mol. The normalized spacial score (nSPS) is 11.7. The molecule has 14 nitrogen and oxygen atoms in total. The van der Waals surface area contributed by atoms with Gasteiger partial charge in [0.15, 0.2) is 0 Å². The molecule has 1 aromatic heterocycles.